The third-order valence-electron chi connectivity index (χ3n) is 4.71. The highest BCUT2D eigenvalue weighted by atomic mass is 16.6. The minimum Gasteiger partial charge on any atom is -0.418 e. The predicted octanol–water partition coefficient (Wildman–Crippen LogP) is 4.33. The maximum absolute atomic E-state index is 12.1. The van der Waals surface area contributed by atoms with Crippen molar-refractivity contribution in [3.8, 4) is 0 Å². The van der Waals surface area contributed by atoms with Crippen molar-refractivity contribution in [2.75, 3.05) is 5.32 Å². The molecule has 1 aliphatic carbocycles. The second-order valence-electron chi connectivity index (χ2n) is 7.62. The van der Waals surface area contributed by atoms with Crippen LogP contribution in [-0.4, -0.2) is 11.0 Å². The number of anilines is 1. The van der Waals surface area contributed by atoms with Crippen LogP contribution >= 0.6 is 0 Å². The standard InChI is InChI=1S/C18H22N2O4/c1-11-8-12(10-18(2,3)9-11)19-15-13-6-4-5-7-14(13)24-17(21)16(15)20(22)23/h4-7,11-12,19H,8-10H2,1-3H3. The molecule has 0 spiro atoms. The molecule has 1 aliphatic rings. The topological polar surface area (TPSA) is 85.4 Å². The van der Waals surface area contributed by atoms with Crippen LogP contribution in [0.3, 0.4) is 0 Å². The van der Waals surface area contributed by atoms with E-state index in [0.717, 1.165) is 19.3 Å². The molecule has 0 radical (unpaired) electrons. The van der Waals surface area contributed by atoms with Crippen molar-refractivity contribution in [3.63, 3.8) is 0 Å². The van der Waals surface area contributed by atoms with Crippen molar-refractivity contribution in [2.45, 2.75) is 46.1 Å². The summed E-state index contributed by atoms with van der Waals surface area (Å²) in [7, 11) is 0. The highest BCUT2D eigenvalue weighted by Gasteiger charge is 2.34. The molecule has 0 aliphatic heterocycles. The Labute approximate surface area is 140 Å². The number of benzene rings is 1. The van der Waals surface area contributed by atoms with E-state index in [0.29, 0.717) is 16.9 Å². The van der Waals surface area contributed by atoms with Crippen LogP contribution in [0.15, 0.2) is 33.5 Å². The molecule has 1 aromatic heterocycles. The van der Waals surface area contributed by atoms with Crippen molar-refractivity contribution in [2.24, 2.45) is 11.3 Å². The first kappa shape index (κ1) is 16.5. The zero-order valence-electron chi connectivity index (χ0n) is 14.2. The molecule has 2 unspecified atom stereocenters. The number of rotatable bonds is 3. The molecule has 6 nitrogen and oxygen atoms in total. The summed E-state index contributed by atoms with van der Waals surface area (Å²) in [5.74, 6) is 0.525. The van der Waals surface area contributed by atoms with Crippen molar-refractivity contribution in [1.29, 1.82) is 0 Å². The number of hydrogen-bond acceptors (Lipinski definition) is 5. The van der Waals surface area contributed by atoms with Gasteiger partial charge >= 0.3 is 11.3 Å². The van der Waals surface area contributed by atoms with Crippen LogP contribution in [0.25, 0.3) is 11.0 Å². The molecule has 128 valence electrons. The Bertz CT molecular complexity index is 841. The second-order valence-corrected chi connectivity index (χ2v) is 7.62. The molecule has 2 atom stereocenters. The molecular formula is C18H22N2O4. The summed E-state index contributed by atoms with van der Waals surface area (Å²) in [4.78, 5) is 22.9. The Kier molecular flexibility index (Phi) is 4.07. The van der Waals surface area contributed by atoms with E-state index in [4.69, 9.17) is 4.42 Å². The van der Waals surface area contributed by atoms with Crippen LogP contribution in [-0.2, 0) is 0 Å². The molecule has 1 fully saturated rings. The lowest BCUT2D eigenvalue weighted by molar-refractivity contribution is -0.386. The second kappa shape index (κ2) is 5.92. The molecule has 1 aromatic carbocycles. The number of hydrogen-bond donors (Lipinski definition) is 1. The molecule has 0 amide bonds. The molecule has 0 bridgehead atoms. The van der Waals surface area contributed by atoms with Gasteiger partial charge in [0, 0.05) is 11.4 Å². The van der Waals surface area contributed by atoms with Crippen LogP contribution in [0, 0.1) is 21.4 Å². The fourth-order valence-corrected chi connectivity index (χ4v) is 4.11. The van der Waals surface area contributed by atoms with Crippen molar-refractivity contribution >= 4 is 22.3 Å². The zero-order valence-corrected chi connectivity index (χ0v) is 14.2. The van der Waals surface area contributed by atoms with E-state index < -0.39 is 16.2 Å². The van der Waals surface area contributed by atoms with Gasteiger partial charge in [-0.2, -0.15) is 0 Å². The number of nitrogens with one attached hydrogen (secondary N) is 1. The highest BCUT2D eigenvalue weighted by Crippen LogP contribution is 2.41. The summed E-state index contributed by atoms with van der Waals surface area (Å²) < 4.78 is 5.11. The molecule has 6 heteroatoms. The summed E-state index contributed by atoms with van der Waals surface area (Å²) in [5.41, 5.74) is -0.617. The summed E-state index contributed by atoms with van der Waals surface area (Å²) in [6, 6.07) is 7.01. The first-order valence-corrected chi connectivity index (χ1v) is 8.23. The van der Waals surface area contributed by atoms with Gasteiger partial charge in [0.15, 0.2) is 0 Å². The Morgan fingerprint density at radius 1 is 1.29 bits per heavy atom. The number of nitrogens with zero attached hydrogens (tertiary/aromatic N) is 1. The Morgan fingerprint density at radius 2 is 2.00 bits per heavy atom. The van der Waals surface area contributed by atoms with Gasteiger partial charge in [-0.05, 0) is 42.7 Å². The maximum atomic E-state index is 12.1. The molecule has 2 aromatic rings. The van der Waals surface area contributed by atoms with E-state index in [1.54, 1.807) is 24.3 Å². The van der Waals surface area contributed by atoms with E-state index in [-0.39, 0.29) is 17.1 Å². The number of fused-ring (bicyclic) bond motifs is 1. The molecule has 24 heavy (non-hydrogen) atoms. The van der Waals surface area contributed by atoms with Gasteiger partial charge in [-0.25, -0.2) is 4.79 Å². The Morgan fingerprint density at radius 3 is 2.67 bits per heavy atom. The predicted molar refractivity (Wildman–Crippen MR) is 93.3 cm³/mol. The highest BCUT2D eigenvalue weighted by molar-refractivity contribution is 5.94. The molecule has 1 saturated carbocycles. The molecule has 1 heterocycles. The number of nitro groups is 1. The van der Waals surface area contributed by atoms with Gasteiger partial charge in [-0.3, -0.25) is 10.1 Å². The van der Waals surface area contributed by atoms with E-state index >= 15 is 0 Å². The van der Waals surface area contributed by atoms with Gasteiger partial charge < -0.3 is 9.73 Å². The summed E-state index contributed by atoms with van der Waals surface area (Å²) in [6.45, 7) is 6.62. The largest absolute Gasteiger partial charge is 0.418 e. The molecule has 0 saturated heterocycles. The third-order valence-corrected chi connectivity index (χ3v) is 4.71. The minimum atomic E-state index is -0.913. The van der Waals surface area contributed by atoms with Crippen LogP contribution in [0.5, 0.6) is 0 Å². The fraction of sp³-hybridized carbons (Fsp3) is 0.500. The van der Waals surface area contributed by atoms with Crippen LogP contribution < -0.4 is 10.9 Å². The quantitative estimate of drug-likeness (QED) is 0.514. The molecule has 1 N–H and O–H groups in total. The summed E-state index contributed by atoms with van der Waals surface area (Å²) >= 11 is 0. The monoisotopic (exact) mass is 330 g/mol. The average molecular weight is 330 g/mol. The zero-order chi connectivity index (χ0) is 17.5. The lowest BCUT2D eigenvalue weighted by Gasteiger charge is -2.39. The number of para-hydroxylation sites is 1. The fourth-order valence-electron chi connectivity index (χ4n) is 4.11. The van der Waals surface area contributed by atoms with E-state index in [2.05, 4.69) is 26.1 Å². The Balaban J connectivity index is 2.09. The maximum Gasteiger partial charge on any atom is 0.417 e. The van der Waals surface area contributed by atoms with Gasteiger partial charge in [0.1, 0.15) is 11.3 Å². The molecular weight excluding hydrogens is 308 g/mol. The van der Waals surface area contributed by atoms with Gasteiger partial charge in [-0.15, -0.1) is 0 Å². The summed E-state index contributed by atoms with van der Waals surface area (Å²) in [5, 5.41) is 15.3. The van der Waals surface area contributed by atoms with Gasteiger partial charge in [0.2, 0.25) is 0 Å². The van der Waals surface area contributed by atoms with Crippen LogP contribution in [0.1, 0.15) is 40.0 Å². The van der Waals surface area contributed by atoms with E-state index in [1.165, 1.54) is 0 Å². The lowest BCUT2D eigenvalue weighted by atomic mass is 9.70. The smallest absolute Gasteiger partial charge is 0.417 e. The first-order chi connectivity index (χ1) is 11.3. The third kappa shape index (κ3) is 3.13. The lowest BCUT2D eigenvalue weighted by Crippen LogP contribution is -2.36. The first-order valence-electron chi connectivity index (χ1n) is 8.23. The van der Waals surface area contributed by atoms with Crippen molar-refractivity contribution in [3.05, 3.63) is 44.8 Å². The molecule has 3 rings (SSSR count). The SMILES string of the molecule is CC1CC(Nc2c([N+](=O)[O-])c(=O)oc3ccccc23)CC(C)(C)C1. The van der Waals surface area contributed by atoms with E-state index in [1.807, 2.05) is 0 Å². The van der Waals surface area contributed by atoms with Crippen molar-refractivity contribution in [1.82, 2.24) is 0 Å². The van der Waals surface area contributed by atoms with Gasteiger partial charge in [0.25, 0.3) is 0 Å². The van der Waals surface area contributed by atoms with Crippen molar-refractivity contribution < 1.29 is 9.34 Å². The van der Waals surface area contributed by atoms with Gasteiger partial charge in [-0.1, -0.05) is 32.9 Å². The van der Waals surface area contributed by atoms with Gasteiger partial charge in [0.05, 0.1) is 4.92 Å². The minimum absolute atomic E-state index is 0.0904. The average Bonchev–Trinajstić information content (AvgIpc) is 2.44. The summed E-state index contributed by atoms with van der Waals surface area (Å²) in [6.07, 6.45) is 2.96. The Hall–Kier alpha value is -2.37. The van der Waals surface area contributed by atoms with Crippen LogP contribution in [0.4, 0.5) is 11.4 Å². The normalized spacial score (nSPS) is 23.1. The van der Waals surface area contributed by atoms with Crippen LogP contribution in [0.2, 0.25) is 0 Å². The van der Waals surface area contributed by atoms with E-state index in [9.17, 15) is 14.9 Å².